The quantitative estimate of drug-likeness (QED) is 0.908. The van der Waals surface area contributed by atoms with Crippen LogP contribution < -0.4 is 0 Å². The van der Waals surface area contributed by atoms with Crippen LogP contribution in [0.1, 0.15) is 63.6 Å². The van der Waals surface area contributed by atoms with Crippen LogP contribution in [0, 0.1) is 5.41 Å². The molecule has 1 aromatic rings. The fourth-order valence-electron chi connectivity index (χ4n) is 2.99. The molecule has 0 amide bonds. The van der Waals surface area contributed by atoms with Gasteiger partial charge in [0.15, 0.2) is 0 Å². The average Bonchev–Trinajstić information content (AvgIpc) is 2.47. The summed E-state index contributed by atoms with van der Waals surface area (Å²) in [5.74, 6) is -0.100. The Labute approximate surface area is 128 Å². The van der Waals surface area contributed by atoms with Crippen molar-refractivity contribution in [1.82, 2.24) is 4.90 Å². The fourth-order valence-corrected chi connectivity index (χ4v) is 2.99. The van der Waals surface area contributed by atoms with Gasteiger partial charge in [0.1, 0.15) is 0 Å². The second-order valence-corrected chi connectivity index (χ2v) is 6.90. The van der Waals surface area contributed by atoms with Gasteiger partial charge in [0, 0.05) is 6.04 Å². The molecule has 1 saturated heterocycles. The van der Waals surface area contributed by atoms with Gasteiger partial charge in [-0.15, -0.1) is 0 Å². The first-order chi connectivity index (χ1) is 9.83. The third-order valence-electron chi connectivity index (χ3n) is 5.05. The zero-order valence-corrected chi connectivity index (χ0v) is 13.6. The maximum atomic E-state index is 11.3. The van der Waals surface area contributed by atoms with Crippen LogP contribution in [0.4, 0.5) is 0 Å². The summed E-state index contributed by atoms with van der Waals surface area (Å²) in [6.45, 7) is 10.2. The summed E-state index contributed by atoms with van der Waals surface area (Å²) in [4.78, 5) is 13.7. The lowest BCUT2D eigenvalue weighted by atomic mass is 9.80. The Morgan fingerprint density at radius 1 is 1.10 bits per heavy atom. The highest BCUT2D eigenvalue weighted by molar-refractivity contribution is 5.74. The number of likely N-dealkylation sites (tertiary alicyclic amines) is 1. The van der Waals surface area contributed by atoms with E-state index in [1.807, 2.05) is 6.92 Å². The molecule has 1 aliphatic heterocycles. The summed E-state index contributed by atoms with van der Waals surface area (Å²) in [6.07, 6.45) is 1.47. The van der Waals surface area contributed by atoms with E-state index in [9.17, 15) is 9.90 Å². The van der Waals surface area contributed by atoms with Crippen molar-refractivity contribution in [2.75, 3.05) is 13.1 Å². The molecule has 0 aliphatic carbocycles. The van der Waals surface area contributed by atoms with Gasteiger partial charge in [-0.25, -0.2) is 0 Å². The molecule has 1 fully saturated rings. The summed E-state index contributed by atoms with van der Waals surface area (Å²) in [5.41, 5.74) is 2.14. The van der Waals surface area contributed by atoms with Gasteiger partial charge in [-0.05, 0) is 56.8 Å². The van der Waals surface area contributed by atoms with Crippen LogP contribution in [0.5, 0.6) is 0 Å². The maximum absolute atomic E-state index is 11.3. The number of hydrogen-bond acceptors (Lipinski definition) is 2. The zero-order valence-electron chi connectivity index (χ0n) is 13.6. The molecule has 1 heterocycles. The lowest BCUT2D eigenvalue weighted by Gasteiger charge is -2.39. The van der Waals surface area contributed by atoms with Gasteiger partial charge >= 0.3 is 5.97 Å². The van der Waals surface area contributed by atoms with Gasteiger partial charge in [-0.2, -0.15) is 0 Å². The largest absolute Gasteiger partial charge is 0.481 e. The molecule has 1 aromatic carbocycles. The Balaban J connectivity index is 2.01. The summed E-state index contributed by atoms with van der Waals surface area (Å²) >= 11 is 0. The van der Waals surface area contributed by atoms with Crippen molar-refractivity contribution >= 4 is 5.97 Å². The van der Waals surface area contributed by atoms with E-state index in [2.05, 4.69) is 49.9 Å². The van der Waals surface area contributed by atoms with E-state index in [-0.39, 0.29) is 0 Å². The molecule has 2 rings (SSSR count). The van der Waals surface area contributed by atoms with Crippen molar-refractivity contribution in [3.05, 3.63) is 35.4 Å². The lowest BCUT2D eigenvalue weighted by Crippen LogP contribution is -2.43. The second-order valence-electron chi connectivity index (χ2n) is 6.90. The smallest absolute Gasteiger partial charge is 0.309 e. The fraction of sp³-hybridized carbons (Fsp3) is 0.611. The van der Waals surface area contributed by atoms with Gasteiger partial charge < -0.3 is 5.11 Å². The van der Waals surface area contributed by atoms with E-state index in [0.717, 1.165) is 25.9 Å². The van der Waals surface area contributed by atoms with E-state index in [1.165, 1.54) is 11.1 Å². The molecule has 3 heteroatoms. The SMILES string of the molecule is CC(C)c1ccc(C(C)N2CCC(C)(C(=O)O)CC2)cc1. The maximum Gasteiger partial charge on any atom is 0.309 e. The Hall–Kier alpha value is -1.35. The molecule has 0 aromatic heterocycles. The number of rotatable bonds is 4. The van der Waals surface area contributed by atoms with E-state index in [4.69, 9.17) is 0 Å². The van der Waals surface area contributed by atoms with Crippen molar-refractivity contribution in [3.8, 4) is 0 Å². The van der Waals surface area contributed by atoms with E-state index in [1.54, 1.807) is 0 Å². The number of nitrogens with zero attached hydrogens (tertiary/aromatic N) is 1. The van der Waals surface area contributed by atoms with E-state index < -0.39 is 11.4 Å². The Bertz CT molecular complexity index is 484. The molecule has 1 unspecified atom stereocenters. The minimum Gasteiger partial charge on any atom is -0.481 e. The molecule has 3 nitrogen and oxygen atoms in total. The summed E-state index contributed by atoms with van der Waals surface area (Å²) in [5, 5.41) is 9.30. The van der Waals surface area contributed by atoms with Crippen LogP contribution >= 0.6 is 0 Å². The normalized spacial score (nSPS) is 20.4. The van der Waals surface area contributed by atoms with Gasteiger partial charge in [0.05, 0.1) is 5.41 Å². The Morgan fingerprint density at radius 2 is 1.57 bits per heavy atom. The van der Waals surface area contributed by atoms with Gasteiger partial charge in [-0.1, -0.05) is 38.1 Å². The molecule has 21 heavy (non-hydrogen) atoms. The highest BCUT2D eigenvalue weighted by Gasteiger charge is 2.37. The molecular formula is C18H27NO2. The monoisotopic (exact) mass is 289 g/mol. The average molecular weight is 289 g/mol. The van der Waals surface area contributed by atoms with E-state index in [0.29, 0.717) is 12.0 Å². The van der Waals surface area contributed by atoms with Crippen LogP contribution in [0.2, 0.25) is 0 Å². The third kappa shape index (κ3) is 3.46. The van der Waals surface area contributed by atoms with E-state index >= 15 is 0 Å². The third-order valence-corrected chi connectivity index (χ3v) is 5.05. The highest BCUT2D eigenvalue weighted by atomic mass is 16.4. The van der Waals surface area contributed by atoms with Crippen molar-refractivity contribution in [2.24, 2.45) is 5.41 Å². The number of carbonyl (C=O) groups is 1. The first-order valence-corrected chi connectivity index (χ1v) is 7.91. The molecule has 0 radical (unpaired) electrons. The van der Waals surface area contributed by atoms with Crippen molar-refractivity contribution < 1.29 is 9.90 Å². The number of aliphatic carboxylic acids is 1. The van der Waals surface area contributed by atoms with Crippen molar-refractivity contribution in [3.63, 3.8) is 0 Å². The lowest BCUT2D eigenvalue weighted by molar-refractivity contribution is -0.151. The first kappa shape index (κ1) is 16.0. The minimum atomic E-state index is -0.656. The molecular weight excluding hydrogens is 262 g/mol. The number of carboxylic acid groups (broad SMARTS) is 1. The van der Waals surface area contributed by atoms with Gasteiger partial charge in [0.2, 0.25) is 0 Å². The first-order valence-electron chi connectivity index (χ1n) is 7.91. The predicted molar refractivity (Wildman–Crippen MR) is 85.5 cm³/mol. The Morgan fingerprint density at radius 3 is 2.00 bits per heavy atom. The topological polar surface area (TPSA) is 40.5 Å². The van der Waals surface area contributed by atoms with Crippen molar-refractivity contribution in [2.45, 2.75) is 52.5 Å². The molecule has 0 bridgehead atoms. The van der Waals surface area contributed by atoms with Crippen LogP contribution in [0.3, 0.4) is 0 Å². The predicted octanol–water partition coefficient (Wildman–Crippen LogP) is 4.06. The van der Waals surface area contributed by atoms with Gasteiger partial charge in [-0.3, -0.25) is 9.69 Å². The number of piperidine rings is 1. The molecule has 0 spiro atoms. The summed E-state index contributed by atoms with van der Waals surface area (Å²) in [6, 6.07) is 9.20. The molecule has 116 valence electrons. The number of carboxylic acids is 1. The van der Waals surface area contributed by atoms with Crippen LogP contribution in [-0.2, 0) is 4.79 Å². The standard InChI is InChI=1S/C18H27NO2/c1-13(2)15-5-7-16(8-6-15)14(3)19-11-9-18(4,10-12-19)17(20)21/h5-8,13-14H,9-12H2,1-4H3,(H,20,21). The summed E-state index contributed by atoms with van der Waals surface area (Å²) in [7, 11) is 0. The van der Waals surface area contributed by atoms with Crippen LogP contribution in [-0.4, -0.2) is 29.1 Å². The Kier molecular flexibility index (Phi) is 4.72. The second kappa shape index (κ2) is 6.18. The molecule has 1 aliphatic rings. The highest BCUT2D eigenvalue weighted by Crippen LogP contribution is 2.34. The van der Waals surface area contributed by atoms with Crippen LogP contribution in [0.25, 0.3) is 0 Å². The molecule has 0 saturated carbocycles. The van der Waals surface area contributed by atoms with Crippen molar-refractivity contribution in [1.29, 1.82) is 0 Å². The number of benzene rings is 1. The molecule has 1 atom stereocenters. The zero-order chi connectivity index (χ0) is 15.6. The number of hydrogen-bond donors (Lipinski definition) is 1. The minimum absolute atomic E-state index is 0.351. The van der Waals surface area contributed by atoms with Crippen LogP contribution in [0.15, 0.2) is 24.3 Å². The van der Waals surface area contributed by atoms with Gasteiger partial charge in [0.25, 0.3) is 0 Å². The molecule has 1 N–H and O–H groups in total. The summed E-state index contributed by atoms with van der Waals surface area (Å²) < 4.78 is 0.